The normalized spacial score (nSPS) is 10.9. The van der Waals surface area contributed by atoms with Crippen LogP contribution in [0, 0.1) is 0 Å². The number of halogens is 1. The van der Waals surface area contributed by atoms with Crippen molar-refractivity contribution in [3.05, 3.63) is 24.3 Å². The van der Waals surface area contributed by atoms with E-state index >= 15 is 0 Å². The minimum Gasteiger partial charge on any atom is -0.280 e. The molecule has 0 amide bonds. The number of benzene rings is 1. The molecule has 0 atom stereocenters. The number of thiazole rings is 1. The van der Waals surface area contributed by atoms with Gasteiger partial charge in [-0.2, -0.15) is 8.42 Å². The Labute approximate surface area is 96.3 Å². The van der Waals surface area contributed by atoms with Gasteiger partial charge in [-0.25, -0.2) is 4.98 Å². The van der Waals surface area contributed by atoms with E-state index < -0.39 is 10.1 Å². The topological polar surface area (TPSA) is 67.3 Å². The summed E-state index contributed by atoms with van der Waals surface area (Å²) in [6.45, 7) is 0. The summed E-state index contributed by atoms with van der Waals surface area (Å²) in [4.78, 5) is 3.76. The minimum absolute atomic E-state index is 0.256. The van der Waals surface area contributed by atoms with Gasteiger partial charge in [0.2, 0.25) is 4.34 Å². The van der Waals surface area contributed by atoms with Gasteiger partial charge in [0, 0.05) is 6.38 Å². The Morgan fingerprint density at radius 1 is 1.33 bits per heavy atom. The van der Waals surface area contributed by atoms with E-state index in [1.165, 1.54) is 6.38 Å². The van der Waals surface area contributed by atoms with Crippen LogP contribution in [0.3, 0.4) is 0 Å². The fraction of sp³-hybridized carbons (Fsp3) is 0.125. The number of hydrogen-bond donors (Lipinski definition) is 1. The summed E-state index contributed by atoms with van der Waals surface area (Å²) >= 11 is 5.59. The standard InChI is InChI=1S/C7H5NO3S2.CH3Cl/c9-13(10,11)7-8-5-3-1-2-4-6(5)12-7;1-2/h1-4H,(H,9,10,11);1H3. The van der Waals surface area contributed by atoms with Crippen LogP contribution in [0.15, 0.2) is 28.6 Å². The van der Waals surface area contributed by atoms with Crippen molar-refractivity contribution in [2.75, 3.05) is 6.38 Å². The second-order valence-corrected chi connectivity index (χ2v) is 5.05. The van der Waals surface area contributed by atoms with Gasteiger partial charge >= 0.3 is 10.1 Å². The van der Waals surface area contributed by atoms with Crippen molar-refractivity contribution >= 4 is 43.3 Å². The maximum Gasteiger partial charge on any atom is 0.322 e. The van der Waals surface area contributed by atoms with Crippen LogP contribution in [-0.2, 0) is 10.1 Å². The van der Waals surface area contributed by atoms with Gasteiger partial charge in [0.1, 0.15) is 0 Å². The van der Waals surface area contributed by atoms with Crippen molar-refractivity contribution in [2.45, 2.75) is 4.34 Å². The largest absolute Gasteiger partial charge is 0.322 e. The van der Waals surface area contributed by atoms with Crippen molar-refractivity contribution in [1.29, 1.82) is 0 Å². The zero-order valence-corrected chi connectivity index (χ0v) is 10.1. The summed E-state index contributed by atoms with van der Waals surface area (Å²) < 4.78 is 30.6. The first-order chi connectivity index (χ1) is 7.07. The molecule has 1 aromatic carbocycles. The Balaban J connectivity index is 0.000000531. The monoisotopic (exact) mass is 265 g/mol. The molecule has 0 spiro atoms. The van der Waals surface area contributed by atoms with Crippen molar-refractivity contribution < 1.29 is 13.0 Å². The van der Waals surface area contributed by atoms with E-state index in [9.17, 15) is 8.42 Å². The zero-order valence-electron chi connectivity index (χ0n) is 7.71. The van der Waals surface area contributed by atoms with Gasteiger partial charge in [-0.05, 0) is 12.1 Å². The fourth-order valence-electron chi connectivity index (χ4n) is 0.961. The Hall–Kier alpha value is -0.690. The molecule has 0 fully saturated rings. The lowest BCUT2D eigenvalue weighted by molar-refractivity contribution is 0.482. The van der Waals surface area contributed by atoms with E-state index in [1.807, 2.05) is 0 Å². The summed E-state index contributed by atoms with van der Waals surface area (Å²) in [5, 5.41) is 0. The smallest absolute Gasteiger partial charge is 0.280 e. The Kier molecular flexibility index (Phi) is 4.04. The summed E-state index contributed by atoms with van der Waals surface area (Å²) in [6.07, 6.45) is 1.47. The number of para-hydroxylation sites is 1. The molecule has 0 aliphatic rings. The Bertz CT molecular complexity index is 517. The number of rotatable bonds is 1. The molecule has 0 saturated heterocycles. The van der Waals surface area contributed by atoms with E-state index in [1.54, 1.807) is 24.3 Å². The Morgan fingerprint density at radius 3 is 2.47 bits per heavy atom. The third kappa shape index (κ3) is 2.88. The van der Waals surface area contributed by atoms with Crippen molar-refractivity contribution in [1.82, 2.24) is 4.98 Å². The van der Waals surface area contributed by atoms with E-state index in [0.717, 1.165) is 16.0 Å². The van der Waals surface area contributed by atoms with Gasteiger partial charge in [0.15, 0.2) is 0 Å². The molecular weight excluding hydrogens is 258 g/mol. The summed E-state index contributed by atoms with van der Waals surface area (Å²) in [6, 6.07) is 6.99. The molecule has 2 rings (SSSR count). The van der Waals surface area contributed by atoms with Gasteiger partial charge in [-0.3, -0.25) is 4.55 Å². The number of aromatic nitrogens is 1. The number of fused-ring (bicyclic) bond motifs is 1. The molecule has 0 saturated carbocycles. The third-order valence-corrected chi connectivity index (χ3v) is 3.74. The first-order valence-corrected chi connectivity index (χ1v) is 6.79. The quantitative estimate of drug-likeness (QED) is 0.635. The molecule has 1 N–H and O–H groups in total. The van der Waals surface area contributed by atoms with Gasteiger partial charge in [0.05, 0.1) is 10.2 Å². The predicted molar refractivity (Wildman–Crippen MR) is 61.2 cm³/mol. The molecule has 1 aromatic heterocycles. The van der Waals surface area contributed by atoms with E-state index in [4.69, 9.17) is 4.55 Å². The first-order valence-electron chi connectivity index (χ1n) is 3.78. The summed E-state index contributed by atoms with van der Waals surface area (Å²) in [5.41, 5.74) is 0.583. The molecule has 1 heterocycles. The highest BCUT2D eigenvalue weighted by Crippen LogP contribution is 2.24. The molecule has 2 aromatic rings. The molecule has 0 aliphatic heterocycles. The molecule has 0 bridgehead atoms. The number of hydrogen-bond acceptors (Lipinski definition) is 4. The lowest BCUT2D eigenvalue weighted by Crippen LogP contribution is -1.95. The molecule has 15 heavy (non-hydrogen) atoms. The molecule has 0 unspecified atom stereocenters. The first kappa shape index (κ1) is 12.4. The highest BCUT2D eigenvalue weighted by Gasteiger charge is 2.15. The second-order valence-electron chi connectivity index (χ2n) is 2.42. The van der Waals surface area contributed by atoms with Crippen LogP contribution in [0.1, 0.15) is 0 Å². The molecular formula is C8H8ClNO3S2. The van der Waals surface area contributed by atoms with E-state index in [0.29, 0.717) is 5.52 Å². The lowest BCUT2D eigenvalue weighted by Gasteiger charge is -1.83. The van der Waals surface area contributed by atoms with E-state index in [-0.39, 0.29) is 4.34 Å². The van der Waals surface area contributed by atoms with Crippen LogP contribution in [-0.4, -0.2) is 24.3 Å². The average Bonchev–Trinajstić information content (AvgIpc) is 2.63. The molecule has 4 nitrogen and oxygen atoms in total. The van der Waals surface area contributed by atoms with Crippen LogP contribution in [0.4, 0.5) is 0 Å². The van der Waals surface area contributed by atoms with E-state index in [2.05, 4.69) is 16.6 Å². The van der Waals surface area contributed by atoms with Gasteiger partial charge in [0.25, 0.3) is 0 Å². The maximum absolute atomic E-state index is 10.7. The lowest BCUT2D eigenvalue weighted by atomic mass is 10.3. The van der Waals surface area contributed by atoms with Crippen molar-refractivity contribution in [3.8, 4) is 0 Å². The van der Waals surface area contributed by atoms with Crippen molar-refractivity contribution in [3.63, 3.8) is 0 Å². The number of nitrogens with zero attached hydrogens (tertiary/aromatic N) is 1. The van der Waals surface area contributed by atoms with Gasteiger partial charge < -0.3 is 0 Å². The molecule has 7 heteroatoms. The average molecular weight is 266 g/mol. The second kappa shape index (κ2) is 4.89. The van der Waals surface area contributed by atoms with Gasteiger partial charge in [-0.15, -0.1) is 22.9 Å². The van der Waals surface area contributed by atoms with Crippen molar-refractivity contribution in [2.24, 2.45) is 0 Å². The zero-order chi connectivity index (χ0) is 11.5. The molecule has 82 valence electrons. The predicted octanol–water partition coefficient (Wildman–Crippen LogP) is 2.40. The maximum atomic E-state index is 10.7. The summed E-state index contributed by atoms with van der Waals surface area (Å²) in [5.74, 6) is 0. The highest BCUT2D eigenvalue weighted by molar-refractivity contribution is 7.88. The molecule has 0 aliphatic carbocycles. The van der Waals surface area contributed by atoms with Gasteiger partial charge in [-0.1, -0.05) is 12.1 Å². The Morgan fingerprint density at radius 2 is 1.93 bits per heavy atom. The highest BCUT2D eigenvalue weighted by atomic mass is 35.5. The number of alkyl halides is 1. The van der Waals surface area contributed by atoms with Crippen LogP contribution >= 0.6 is 22.9 Å². The van der Waals surface area contributed by atoms with Crippen LogP contribution in [0.5, 0.6) is 0 Å². The fourth-order valence-corrected chi connectivity index (χ4v) is 2.56. The summed E-state index contributed by atoms with van der Waals surface area (Å²) in [7, 11) is -4.16. The minimum atomic E-state index is -4.16. The third-order valence-electron chi connectivity index (χ3n) is 1.49. The molecule has 0 radical (unpaired) electrons. The van der Waals surface area contributed by atoms with Crippen LogP contribution < -0.4 is 0 Å². The van der Waals surface area contributed by atoms with Crippen LogP contribution in [0.2, 0.25) is 0 Å². The van der Waals surface area contributed by atoms with Crippen LogP contribution in [0.25, 0.3) is 10.2 Å². The SMILES string of the molecule is CCl.O=S(=O)(O)c1nc2ccccc2s1.